The second-order valence-electron chi connectivity index (χ2n) is 5.12. The van der Waals surface area contributed by atoms with Crippen LogP contribution in [-0.2, 0) is 5.41 Å². The van der Waals surface area contributed by atoms with Crippen molar-refractivity contribution >= 4 is 0 Å². The third-order valence-corrected chi connectivity index (χ3v) is 2.42. The van der Waals surface area contributed by atoms with Gasteiger partial charge in [-0.3, -0.25) is 0 Å². The number of phenols is 1. The molecule has 0 saturated heterocycles. The zero-order chi connectivity index (χ0) is 12.6. The van der Waals surface area contributed by atoms with E-state index in [4.69, 9.17) is 0 Å². The Balaban J connectivity index is 0.000000385. The second-order valence-corrected chi connectivity index (χ2v) is 5.12. The molecule has 0 aliphatic heterocycles. The lowest BCUT2D eigenvalue weighted by atomic mass is 9.86. The number of unbranched alkanes of at least 4 members (excludes halogenated alkanes) is 2. The fourth-order valence-electron chi connectivity index (χ4n) is 1.46. The maximum Gasteiger partial charge on any atom is 0.119 e. The largest absolute Gasteiger partial charge is 0.508 e. The fraction of sp³-hybridized carbons (Fsp3) is 0.600. The van der Waals surface area contributed by atoms with Crippen LogP contribution in [0.5, 0.6) is 5.75 Å². The molecule has 1 aromatic rings. The molecule has 0 aliphatic carbocycles. The predicted molar refractivity (Wildman–Crippen MR) is 72.0 cm³/mol. The molecular formula is C15H26O. The summed E-state index contributed by atoms with van der Waals surface area (Å²) in [4.78, 5) is 0. The van der Waals surface area contributed by atoms with Crippen LogP contribution in [-0.4, -0.2) is 5.11 Å². The Bertz CT molecular complexity index is 282. The SMILES string of the molecule is CC(C)(C)c1ccccc1O.CCCCC. The number of phenolic OH excluding ortho intramolecular Hbond substituents is 1. The van der Waals surface area contributed by atoms with E-state index in [0.29, 0.717) is 5.75 Å². The molecule has 0 bridgehead atoms. The monoisotopic (exact) mass is 222 g/mol. The fourth-order valence-corrected chi connectivity index (χ4v) is 1.46. The van der Waals surface area contributed by atoms with Gasteiger partial charge in [0.05, 0.1) is 0 Å². The Morgan fingerprint density at radius 2 is 1.50 bits per heavy atom. The van der Waals surface area contributed by atoms with Crippen LogP contribution >= 0.6 is 0 Å². The summed E-state index contributed by atoms with van der Waals surface area (Å²) >= 11 is 0. The highest BCUT2D eigenvalue weighted by molar-refractivity contribution is 5.36. The van der Waals surface area contributed by atoms with E-state index in [-0.39, 0.29) is 5.41 Å². The van der Waals surface area contributed by atoms with Gasteiger partial charge in [0.2, 0.25) is 0 Å². The van der Waals surface area contributed by atoms with Gasteiger partial charge >= 0.3 is 0 Å². The standard InChI is InChI=1S/C10H14O.C5H12/c1-10(2,3)8-6-4-5-7-9(8)11;1-3-5-4-2/h4-7,11H,1-3H3;3-5H2,1-2H3. The smallest absolute Gasteiger partial charge is 0.119 e. The van der Waals surface area contributed by atoms with Crippen molar-refractivity contribution < 1.29 is 5.11 Å². The van der Waals surface area contributed by atoms with Gasteiger partial charge in [-0.15, -0.1) is 0 Å². The van der Waals surface area contributed by atoms with Crippen molar-refractivity contribution in [1.29, 1.82) is 0 Å². The maximum atomic E-state index is 9.45. The number of para-hydroxylation sites is 1. The normalized spacial score (nSPS) is 10.6. The summed E-state index contributed by atoms with van der Waals surface area (Å²) in [7, 11) is 0. The van der Waals surface area contributed by atoms with E-state index in [1.165, 1.54) is 19.3 Å². The van der Waals surface area contributed by atoms with E-state index < -0.39 is 0 Å². The van der Waals surface area contributed by atoms with Crippen molar-refractivity contribution in [3.8, 4) is 5.75 Å². The van der Waals surface area contributed by atoms with Gasteiger partial charge in [-0.1, -0.05) is 72.1 Å². The first-order valence-electron chi connectivity index (χ1n) is 6.22. The van der Waals surface area contributed by atoms with Crippen molar-refractivity contribution in [3.05, 3.63) is 29.8 Å². The number of hydrogen-bond donors (Lipinski definition) is 1. The second kappa shape index (κ2) is 7.32. The minimum atomic E-state index is 0.0331. The first-order valence-corrected chi connectivity index (χ1v) is 6.22. The van der Waals surface area contributed by atoms with Gasteiger partial charge in [-0.05, 0) is 17.0 Å². The van der Waals surface area contributed by atoms with Crippen LogP contribution in [0.4, 0.5) is 0 Å². The van der Waals surface area contributed by atoms with E-state index in [1.807, 2.05) is 18.2 Å². The molecule has 0 heterocycles. The summed E-state index contributed by atoms with van der Waals surface area (Å²) in [6.45, 7) is 10.7. The quantitative estimate of drug-likeness (QED) is 0.755. The van der Waals surface area contributed by atoms with Gasteiger partial charge in [0.1, 0.15) is 5.75 Å². The average molecular weight is 222 g/mol. The molecule has 0 radical (unpaired) electrons. The molecule has 1 N–H and O–H groups in total. The molecule has 0 aromatic heterocycles. The van der Waals surface area contributed by atoms with Gasteiger partial charge in [0.25, 0.3) is 0 Å². The van der Waals surface area contributed by atoms with Gasteiger partial charge in [-0.25, -0.2) is 0 Å². The minimum Gasteiger partial charge on any atom is -0.508 e. The Kier molecular flexibility index (Phi) is 6.87. The Labute approximate surface area is 101 Å². The molecule has 0 unspecified atom stereocenters. The molecule has 1 heteroatoms. The molecular weight excluding hydrogens is 196 g/mol. The van der Waals surface area contributed by atoms with E-state index in [2.05, 4.69) is 34.6 Å². The van der Waals surface area contributed by atoms with Crippen LogP contribution in [0.3, 0.4) is 0 Å². The zero-order valence-corrected chi connectivity index (χ0v) is 11.4. The summed E-state index contributed by atoms with van der Waals surface area (Å²) < 4.78 is 0. The molecule has 92 valence electrons. The number of hydrogen-bond acceptors (Lipinski definition) is 1. The van der Waals surface area contributed by atoms with Crippen molar-refractivity contribution in [2.75, 3.05) is 0 Å². The molecule has 0 spiro atoms. The highest BCUT2D eigenvalue weighted by atomic mass is 16.3. The van der Waals surface area contributed by atoms with Crippen molar-refractivity contribution in [2.45, 2.75) is 59.3 Å². The maximum absolute atomic E-state index is 9.45. The number of aromatic hydroxyl groups is 1. The Morgan fingerprint density at radius 1 is 1.00 bits per heavy atom. The van der Waals surface area contributed by atoms with Crippen molar-refractivity contribution in [1.82, 2.24) is 0 Å². The summed E-state index contributed by atoms with van der Waals surface area (Å²) in [5, 5.41) is 9.45. The minimum absolute atomic E-state index is 0.0331. The Morgan fingerprint density at radius 3 is 1.75 bits per heavy atom. The van der Waals surface area contributed by atoms with Gasteiger partial charge in [-0.2, -0.15) is 0 Å². The lowest BCUT2D eigenvalue weighted by Crippen LogP contribution is -2.10. The van der Waals surface area contributed by atoms with Crippen LogP contribution in [0.1, 0.15) is 59.4 Å². The van der Waals surface area contributed by atoms with E-state index >= 15 is 0 Å². The zero-order valence-electron chi connectivity index (χ0n) is 11.4. The summed E-state index contributed by atoms with van der Waals surface area (Å²) in [5.74, 6) is 0.389. The van der Waals surface area contributed by atoms with Crippen molar-refractivity contribution in [3.63, 3.8) is 0 Å². The summed E-state index contributed by atoms with van der Waals surface area (Å²) in [6, 6.07) is 7.46. The molecule has 16 heavy (non-hydrogen) atoms. The van der Waals surface area contributed by atoms with Crippen molar-refractivity contribution in [2.24, 2.45) is 0 Å². The highest BCUT2D eigenvalue weighted by Gasteiger charge is 2.16. The van der Waals surface area contributed by atoms with E-state index in [0.717, 1.165) is 5.56 Å². The third-order valence-electron chi connectivity index (χ3n) is 2.42. The molecule has 1 nitrogen and oxygen atoms in total. The predicted octanol–water partition coefficient (Wildman–Crippen LogP) is 4.89. The van der Waals surface area contributed by atoms with E-state index in [9.17, 15) is 5.11 Å². The molecule has 0 saturated carbocycles. The van der Waals surface area contributed by atoms with Crippen LogP contribution in [0.25, 0.3) is 0 Å². The Hall–Kier alpha value is -0.980. The van der Waals surface area contributed by atoms with Crippen LogP contribution in [0.15, 0.2) is 24.3 Å². The summed E-state index contributed by atoms with van der Waals surface area (Å²) in [6.07, 6.45) is 4.08. The van der Waals surface area contributed by atoms with Gasteiger partial charge < -0.3 is 5.11 Å². The number of rotatable bonds is 2. The third kappa shape index (κ3) is 5.79. The lowest BCUT2D eigenvalue weighted by molar-refractivity contribution is 0.447. The lowest BCUT2D eigenvalue weighted by Gasteiger charge is -2.19. The first-order chi connectivity index (χ1) is 7.43. The van der Waals surface area contributed by atoms with E-state index in [1.54, 1.807) is 6.07 Å². The van der Waals surface area contributed by atoms with Crippen LogP contribution in [0.2, 0.25) is 0 Å². The van der Waals surface area contributed by atoms with Crippen LogP contribution in [0, 0.1) is 0 Å². The topological polar surface area (TPSA) is 20.2 Å². The molecule has 0 aliphatic rings. The summed E-state index contributed by atoms with van der Waals surface area (Å²) in [5.41, 5.74) is 1.03. The van der Waals surface area contributed by atoms with Gasteiger partial charge in [0.15, 0.2) is 0 Å². The molecule has 1 aromatic carbocycles. The van der Waals surface area contributed by atoms with Crippen LogP contribution < -0.4 is 0 Å². The molecule has 0 atom stereocenters. The number of benzene rings is 1. The van der Waals surface area contributed by atoms with Gasteiger partial charge in [0, 0.05) is 0 Å². The molecule has 1 rings (SSSR count). The highest BCUT2D eigenvalue weighted by Crippen LogP contribution is 2.29. The average Bonchev–Trinajstić information content (AvgIpc) is 2.19. The molecule has 0 fully saturated rings. The first kappa shape index (κ1) is 15.0. The molecule has 0 amide bonds.